The molecular formula is C21H22O7. The van der Waals surface area contributed by atoms with Crippen LogP contribution in [-0.2, 0) is 25.7 Å². The summed E-state index contributed by atoms with van der Waals surface area (Å²) in [4.78, 5) is 12.1. The first kappa shape index (κ1) is 20.2. The number of carbonyl (C=O) groups excluding carboxylic acids is 1. The first-order valence-corrected chi connectivity index (χ1v) is 8.73. The largest absolute Gasteiger partial charge is 0.422 e. The summed E-state index contributed by atoms with van der Waals surface area (Å²) in [5.74, 6) is -3.10. The second-order valence-corrected chi connectivity index (χ2v) is 6.54. The Labute approximate surface area is 162 Å². The molecule has 1 fully saturated rings. The molecule has 0 saturated carbocycles. The van der Waals surface area contributed by atoms with Crippen molar-refractivity contribution in [2.45, 2.75) is 29.7 Å². The van der Waals surface area contributed by atoms with Crippen molar-refractivity contribution in [1.82, 2.24) is 0 Å². The van der Waals surface area contributed by atoms with Crippen molar-refractivity contribution < 1.29 is 34.7 Å². The lowest BCUT2D eigenvalue weighted by atomic mass is 9.73. The van der Waals surface area contributed by atoms with E-state index in [9.17, 15) is 25.2 Å². The van der Waals surface area contributed by atoms with Gasteiger partial charge in [-0.15, -0.1) is 0 Å². The maximum Gasteiger partial charge on any atom is 0.333 e. The summed E-state index contributed by atoms with van der Waals surface area (Å²) in [6.07, 6.45) is -4.09. The van der Waals surface area contributed by atoms with Crippen LogP contribution in [0.2, 0.25) is 0 Å². The second-order valence-electron chi connectivity index (χ2n) is 6.54. The minimum absolute atomic E-state index is 0.173. The standard InChI is InChI=1S/C21H22O7/c1-2-17(23)28-21(15-11-7-4-8-12-15)19(25)20(26,14-9-5-3-6-10-14)18(24)16(13-22)27-21/h2-12,16,18-19,22,24-26H,1,13H2/t16-,18+,19-,20+,21+/m1/s1. The summed E-state index contributed by atoms with van der Waals surface area (Å²) in [6.45, 7) is 2.66. The Hall–Kier alpha value is -2.55. The molecule has 0 radical (unpaired) electrons. The highest BCUT2D eigenvalue weighted by atomic mass is 16.7. The molecule has 1 aliphatic heterocycles. The fourth-order valence-electron chi connectivity index (χ4n) is 3.49. The van der Waals surface area contributed by atoms with E-state index in [1.165, 1.54) is 24.3 Å². The smallest absolute Gasteiger partial charge is 0.333 e. The van der Waals surface area contributed by atoms with Crippen LogP contribution in [0.5, 0.6) is 0 Å². The highest BCUT2D eigenvalue weighted by molar-refractivity contribution is 5.81. The quantitative estimate of drug-likeness (QED) is 0.438. The van der Waals surface area contributed by atoms with Gasteiger partial charge in [-0.2, -0.15) is 0 Å². The minimum Gasteiger partial charge on any atom is -0.422 e. The zero-order chi connectivity index (χ0) is 20.4. The fraction of sp³-hybridized carbons (Fsp3) is 0.286. The molecular weight excluding hydrogens is 364 g/mol. The number of aliphatic hydroxyl groups is 4. The molecule has 2 aromatic rings. The molecule has 1 heterocycles. The molecule has 0 unspecified atom stereocenters. The molecule has 0 spiro atoms. The molecule has 148 valence electrons. The molecule has 28 heavy (non-hydrogen) atoms. The predicted molar refractivity (Wildman–Crippen MR) is 98.7 cm³/mol. The van der Waals surface area contributed by atoms with Gasteiger partial charge in [-0.1, -0.05) is 67.2 Å². The normalized spacial score (nSPS) is 32.5. The molecule has 0 amide bonds. The van der Waals surface area contributed by atoms with Crippen LogP contribution >= 0.6 is 0 Å². The summed E-state index contributed by atoms with van der Waals surface area (Å²) < 4.78 is 11.1. The van der Waals surface area contributed by atoms with Crippen LogP contribution in [-0.4, -0.2) is 51.3 Å². The highest BCUT2D eigenvalue weighted by Crippen LogP contribution is 2.48. The van der Waals surface area contributed by atoms with E-state index in [2.05, 4.69) is 6.58 Å². The van der Waals surface area contributed by atoms with E-state index in [-0.39, 0.29) is 11.1 Å². The van der Waals surface area contributed by atoms with Crippen molar-refractivity contribution in [3.05, 3.63) is 84.4 Å². The van der Waals surface area contributed by atoms with E-state index < -0.39 is 42.3 Å². The average Bonchev–Trinajstić information content (AvgIpc) is 2.75. The summed E-state index contributed by atoms with van der Waals surface area (Å²) in [7, 11) is 0. The Kier molecular flexibility index (Phi) is 5.64. The number of carbonyl (C=O) groups is 1. The van der Waals surface area contributed by atoms with Gasteiger partial charge in [-0.25, -0.2) is 4.79 Å². The summed E-state index contributed by atoms with van der Waals surface area (Å²) in [6, 6.07) is 16.0. The third-order valence-electron chi connectivity index (χ3n) is 4.92. The van der Waals surface area contributed by atoms with Crippen LogP contribution in [0.15, 0.2) is 73.3 Å². The van der Waals surface area contributed by atoms with E-state index in [0.717, 1.165) is 6.08 Å². The Morgan fingerprint density at radius 2 is 1.61 bits per heavy atom. The summed E-state index contributed by atoms with van der Waals surface area (Å²) in [5, 5.41) is 43.2. The van der Waals surface area contributed by atoms with Gasteiger partial charge in [0.05, 0.1) is 6.61 Å². The summed E-state index contributed by atoms with van der Waals surface area (Å²) >= 11 is 0. The van der Waals surface area contributed by atoms with E-state index in [1.807, 2.05) is 0 Å². The van der Waals surface area contributed by atoms with Crippen LogP contribution in [0.4, 0.5) is 0 Å². The van der Waals surface area contributed by atoms with Gasteiger partial charge in [0, 0.05) is 11.6 Å². The maximum atomic E-state index is 12.1. The number of benzene rings is 2. The number of aliphatic hydroxyl groups excluding tert-OH is 3. The lowest BCUT2D eigenvalue weighted by Gasteiger charge is -2.53. The second kappa shape index (κ2) is 7.83. The summed E-state index contributed by atoms with van der Waals surface area (Å²) in [5.41, 5.74) is -1.91. The molecule has 0 aliphatic carbocycles. The number of rotatable bonds is 5. The van der Waals surface area contributed by atoms with Crippen LogP contribution in [0.1, 0.15) is 11.1 Å². The first-order chi connectivity index (χ1) is 13.4. The Morgan fingerprint density at radius 1 is 1.07 bits per heavy atom. The monoisotopic (exact) mass is 386 g/mol. The lowest BCUT2D eigenvalue weighted by Crippen LogP contribution is -2.69. The van der Waals surface area contributed by atoms with Gasteiger partial charge in [-0.05, 0) is 5.56 Å². The van der Waals surface area contributed by atoms with Gasteiger partial charge >= 0.3 is 5.97 Å². The van der Waals surface area contributed by atoms with Gasteiger partial charge in [0.2, 0.25) is 0 Å². The van der Waals surface area contributed by atoms with Gasteiger partial charge in [0.15, 0.2) is 11.7 Å². The topological polar surface area (TPSA) is 116 Å². The van der Waals surface area contributed by atoms with Gasteiger partial charge < -0.3 is 29.9 Å². The Bertz CT molecular complexity index is 825. The van der Waals surface area contributed by atoms with Crippen LogP contribution in [0.25, 0.3) is 0 Å². The third kappa shape index (κ3) is 3.13. The van der Waals surface area contributed by atoms with Crippen LogP contribution in [0, 0.1) is 0 Å². The molecule has 1 saturated heterocycles. The first-order valence-electron chi connectivity index (χ1n) is 8.73. The van der Waals surface area contributed by atoms with E-state index in [0.29, 0.717) is 0 Å². The maximum absolute atomic E-state index is 12.1. The number of hydrogen-bond acceptors (Lipinski definition) is 7. The van der Waals surface area contributed by atoms with Crippen LogP contribution < -0.4 is 0 Å². The van der Waals surface area contributed by atoms with Crippen molar-refractivity contribution in [3.8, 4) is 0 Å². The van der Waals surface area contributed by atoms with E-state index in [1.54, 1.807) is 36.4 Å². The molecule has 0 bridgehead atoms. The van der Waals surface area contributed by atoms with Crippen molar-refractivity contribution in [2.24, 2.45) is 0 Å². The minimum atomic E-state index is -2.30. The lowest BCUT2D eigenvalue weighted by molar-refractivity contribution is -0.387. The van der Waals surface area contributed by atoms with Crippen molar-refractivity contribution in [3.63, 3.8) is 0 Å². The van der Waals surface area contributed by atoms with E-state index in [4.69, 9.17) is 9.47 Å². The van der Waals surface area contributed by atoms with Gasteiger partial charge in [0.1, 0.15) is 12.2 Å². The van der Waals surface area contributed by atoms with Gasteiger partial charge in [-0.3, -0.25) is 0 Å². The molecule has 7 heteroatoms. The molecule has 4 N–H and O–H groups in total. The number of hydrogen-bond donors (Lipinski definition) is 4. The zero-order valence-electron chi connectivity index (χ0n) is 15.0. The SMILES string of the molecule is C=CC(=O)O[C@]1(c2ccccc2)O[C@H](CO)[C@H](O)[C@@](O)(c2ccccc2)[C@H]1O. The predicted octanol–water partition coefficient (Wildman–Crippen LogP) is 0.569. The Balaban J connectivity index is 2.23. The van der Waals surface area contributed by atoms with Crippen molar-refractivity contribution >= 4 is 5.97 Å². The molecule has 3 rings (SSSR count). The van der Waals surface area contributed by atoms with Crippen LogP contribution in [0.3, 0.4) is 0 Å². The molecule has 7 nitrogen and oxygen atoms in total. The Morgan fingerprint density at radius 3 is 2.11 bits per heavy atom. The fourth-order valence-corrected chi connectivity index (χ4v) is 3.49. The average molecular weight is 386 g/mol. The van der Waals surface area contributed by atoms with Gasteiger partial charge in [0.25, 0.3) is 5.79 Å². The molecule has 2 aromatic carbocycles. The molecule has 1 aliphatic rings. The van der Waals surface area contributed by atoms with Crippen molar-refractivity contribution in [1.29, 1.82) is 0 Å². The van der Waals surface area contributed by atoms with Crippen molar-refractivity contribution in [2.75, 3.05) is 6.61 Å². The zero-order valence-corrected chi connectivity index (χ0v) is 15.0. The number of ether oxygens (including phenoxy) is 2. The third-order valence-corrected chi connectivity index (χ3v) is 4.92. The van der Waals surface area contributed by atoms with E-state index >= 15 is 0 Å². The molecule has 0 aromatic heterocycles. The number of esters is 1. The molecule has 5 atom stereocenters. The highest BCUT2D eigenvalue weighted by Gasteiger charge is 2.65.